The molecule has 222 valence electrons. The maximum Gasteiger partial charge on any atom is 0.418 e. The van der Waals surface area contributed by atoms with E-state index in [9.17, 15) is 35.9 Å². The van der Waals surface area contributed by atoms with Gasteiger partial charge in [-0.1, -0.05) is 23.9 Å². The molecule has 0 saturated carbocycles. The van der Waals surface area contributed by atoms with E-state index in [0.29, 0.717) is 35.6 Å². The summed E-state index contributed by atoms with van der Waals surface area (Å²) in [4.78, 5) is 26.7. The van der Waals surface area contributed by atoms with E-state index in [1.54, 1.807) is 18.2 Å². The Kier molecular flexibility index (Phi) is 9.58. The monoisotopic (exact) mass is 601 g/mol. The molecule has 1 N–H and O–H groups in total. The second-order valence-electron chi connectivity index (χ2n) is 9.72. The number of anilines is 1. The lowest BCUT2D eigenvalue weighted by molar-refractivity contribution is -0.163. The van der Waals surface area contributed by atoms with E-state index in [0.717, 1.165) is 37.1 Å². The van der Waals surface area contributed by atoms with Crippen molar-refractivity contribution in [2.24, 2.45) is 0 Å². The summed E-state index contributed by atoms with van der Waals surface area (Å²) in [5, 5.41) is 3.30. The molecule has 2 fully saturated rings. The van der Waals surface area contributed by atoms with Gasteiger partial charge in [0.15, 0.2) is 0 Å². The second-order valence-corrected chi connectivity index (χ2v) is 10.8. The van der Waals surface area contributed by atoms with Gasteiger partial charge in [0.25, 0.3) is 0 Å². The highest BCUT2D eigenvalue weighted by molar-refractivity contribution is 7.99. The van der Waals surface area contributed by atoms with Gasteiger partial charge >= 0.3 is 12.4 Å². The van der Waals surface area contributed by atoms with Crippen LogP contribution in [0.3, 0.4) is 0 Å². The highest BCUT2D eigenvalue weighted by Gasteiger charge is 2.46. The molecule has 0 aliphatic carbocycles. The van der Waals surface area contributed by atoms with Crippen LogP contribution in [0.15, 0.2) is 52.3 Å². The Morgan fingerprint density at radius 1 is 0.927 bits per heavy atom. The Hall–Kier alpha value is -3.19. The largest absolute Gasteiger partial charge is 0.418 e. The number of ether oxygens (including phenoxy) is 1. The van der Waals surface area contributed by atoms with Gasteiger partial charge in [0.1, 0.15) is 0 Å². The molecule has 0 aromatic heterocycles. The minimum Gasteiger partial charge on any atom is -0.382 e. The minimum atomic E-state index is -5.34. The van der Waals surface area contributed by atoms with E-state index in [-0.39, 0.29) is 38.1 Å². The molecule has 2 aromatic carbocycles. The van der Waals surface area contributed by atoms with Crippen molar-refractivity contribution >= 4 is 35.3 Å². The number of nitrogens with zero attached hydrogens (tertiary/aromatic N) is 2. The number of halogens is 6. The number of piperazine rings is 1. The third-order valence-corrected chi connectivity index (χ3v) is 7.91. The molecule has 2 aliphatic rings. The van der Waals surface area contributed by atoms with Crippen molar-refractivity contribution in [1.29, 1.82) is 0 Å². The molecule has 0 radical (unpaired) electrons. The molecule has 2 aliphatic heterocycles. The van der Waals surface area contributed by atoms with Crippen LogP contribution in [0.1, 0.15) is 36.5 Å². The SMILES string of the molecule is CC(=O)N1CCN(C(=O)C=Cc2ccc(Sc3cccc(NC4CCOCC4)c3)c(C(F)(F)F)c2C(F)(F)F)CC1. The minimum absolute atomic E-state index is 0.123. The number of carbonyl (C=O) groups excluding carboxylic acids is 2. The van der Waals surface area contributed by atoms with Crippen molar-refractivity contribution < 1.29 is 40.7 Å². The lowest BCUT2D eigenvalue weighted by Crippen LogP contribution is -2.49. The van der Waals surface area contributed by atoms with Gasteiger partial charge in [-0.3, -0.25) is 9.59 Å². The number of carbonyl (C=O) groups is 2. The molecule has 2 saturated heterocycles. The van der Waals surface area contributed by atoms with Crippen LogP contribution >= 0.6 is 11.8 Å². The van der Waals surface area contributed by atoms with Crippen LogP contribution in [-0.2, 0) is 26.7 Å². The molecule has 4 rings (SSSR count). The summed E-state index contributed by atoms with van der Waals surface area (Å²) < 4.78 is 90.6. The van der Waals surface area contributed by atoms with Crippen molar-refractivity contribution in [3.8, 4) is 0 Å². The fraction of sp³-hybridized carbons (Fsp3) is 0.429. The highest BCUT2D eigenvalue weighted by atomic mass is 32.2. The van der Waals surface area contributed by atoms with Gasteiger partial charge in [-0.05, 0) is 48.7 Å². The average molecular weight is 602 g/mol. The highest BCUT2D eigenvalue weighted by Crippen LogP contribution is 2.48. The summed E-state index contributed by atoms with van der Waals surface area (Å²) in [5.74, 6) is -0.815. The first-order chi connectivity index (χ1) is 19.3. The third-order valence-electron chi connectivity index (χ3n) is 6.86. The number of nitrogens with one attached hydrogen (secondary N) is 1. The molecule has 2 aromatic rings. The van der Waals surface area contributed by atoms with Crippen molar-refractivity contribution in [1.82, 2.24) is 9.80 Å². The number of hydrogen-bond donors (Lipinski definition) is 1. The Balaban J connectivity index is 1.61. The molecule has 2 heterocycles. The van der Waals surface area contributed by atoms with Crippen LogP contribution in [0.5, 0.6) is 0 Å². The molecule has 2 amide bonds. The molecule has 41 heavy (non-hydrogen) atoms. The van der Waals surface area contributed by atoms with Gasteiger partial charge in [0.05, 0.1) is 11.1 Å². The Morgan fingerprint density at radius 2 is 1.56 bits per heavy atom. The average Bonchev–Trinajstić information content (AvgIpc) is 2.91. The molecule has 0 spiro atoms. The molecule has 0 unspecified atom stereocenters. The molecule has 0 bridgehead atoms. The van der Waals surface area contributed by atoms with Crippen molar-refractivity contribution in [2.45, 2.75) is 48.0 Å². The number of benzene rings is 2. The standard InChI is InChI=1S/C28H29F6N3O3S/c1-18(38)36-11-13-37(14-12-36)24(39)8-6-19-5-7-23(26(28(32,33)34)25(19)27(29,30)31)41-22-4-2-3-21(17-22)35-20-9-15-40-16-10-20/h2-8,17,20,35H,9-16H2,1H3. The summed E-state index contributed by atoms with van der Waals surface area (Å²) >= 11 is 0.590. The van der Waals surface area contributed by atoms with Crippen molar-refractivity contribution in [2.75, 3.05) is 44.7 Å². The summed E-state index contributed by atoms with van der Waals surface area (Å²) in [6.45, 7) is 3.42. The topological polar surface area (TPSA) is 61.9 Å². The first-order valence-electron chi connectivity index (χ1n) is 13.0. The van der Waals surface area contributed by atoms with Gasteiger partial charge in [-0.2, -0.15) is 26.3 Å². The number of amides is 2. The third kappa shape index (κ3) is 7.97. The smallest absolute Gasteiger partial charge is 0.382 e. The number of hydrogen-bond acceptors (Lipinski definition) is 5. The second kappa shape index (κ2) is 12.8. The van der Waals surface area contributed by atoms with E-state index in [2.05, 4.69) is 5.32 Å². The van der Waals surface area contributed by atoms with Crippen LogP contribution < -0.4 is 5.32 Å². The maximum atomic E-state index is 14.2. The van der Waals surface area contributed by atoms with Crippen LogP contribution in [-0.4, -0.2) is 67.0 Å². The summed E-state index contributed by atoms with van der Waals surface area (Å²) in [5.41, 5.74) is -3.77. The van der Waals surface area contributed by atoms with Gasteiger partial charge in [-0.25, -0.2) is 0 Å². The number of rotatable bonds is 6. The van der Waals surface area contributed by atoms with Crippen LogP contribution in [0.25, 0.3) is 6.08 Å². The fourth-order valence-electron chi connectivity index (χ4n) is 4.77. The quantitative estimate of drug-likeness (QED) is 0.317. The predicted octanol–water partition coefficient (Wildman–Crippen LogP) is 6.17. The molecule has 0 atom stereocenters. The number of alkyl halides is 6. The van der Waals surface area contributed by atoms with Gasteiger partial charge in [0, 0.05) is 73.9 Å². The van der Waals surface area contributed by atoms with Gasteiger partial charge in [0.2, 0.25) is 11.8 Å². The Morgan fingerprint density at radius 3 is 2.17 bits per heavy atom. The predicted molar refractivity (Wildman–Crippen MR) is 142 cm³/mol. The van der Waals surface area contributed by atoms with E-state index in [1.165, 1.54) is 22.8 Å². The Bertz CT molecular complexity index is 1280. The first-order valence-corrected chi connectivity index (χ1v) is 13.8. The molecule has 13 heteroatoms. The van der Waals surface area contributed by atoms with Crippen molar-refractivity contribution in [3.63, 3.8) is 0 Å². The molecule has 6 nitrogen and oxygen atoms in total. The normalized spacial score (nSPS) is 17.2. The van der Waals surface area contributed by atoms with E-state index in [4.69, 9.17) is 4.74 Å². The fourth-order valence-corrected chi connectivity index (χ4v) is 5.81. The lowest BCUT2D eigenvalue weighted by Gasteiger charge is -2.33. The van der Waals surface area contributed by atoms with Crippen molar-refractivity contribution in [3.05, 3.63) is 59.2 Å². The molecular weight excluding hydrogens is 572 g/mol. The zero-order valence-electron chi connectivity index (χ0n) is 22.1. The van der Waals surface area contributed by atoms with Gasteiger partial charge in [-0.15, -0.1) is 0 Å². The van der Waals surface area contributed by atoms with Crippen LogP contribution in [0, 0.1) is 0 Å². The summed E-state index contributed by atoms with van der Waals surface area (Å²) in [6, 6.07) is 8.58. The van der Waals surface area contributed by atoms with Gasteiger partial charge < -0.3 is 19.9 Å². The lowest BCUT2D eigenvalue weighted by atomic mass is 9.99. The van der Waals surface area contributed by atoms with Crippen LogP contribution in [0.4, 0.5) is 32.0 Å². The first kappa shape index (κ1) is 30.8. The summed E-state index contributed by atoms with van der Waals surface area (Å²) in [6.07, 6.45) is -7.53. The van der Waals surface area contributed by atoms with E-state index >= 15 is 0 Å². The van der Waals surface area contributed by atoms with E-state index < -0.39 is 39.8 Å². The molecular formula is C28H29F6N3O3S. The zero-order valence-corrected chi connectivity index (χ0v) is 23.0. The Labute approximate surface area is 237 Å². The zero-order chi connectivity index (χ0) is 29.8. The van der Waals surface area contributed by atoms with E-state index in [1.807, 2.05) is 0 Å². The maximum absolute atomic E-state index is 14.2. The summed E-state index contributed by atoms with van der Waals surface area (Å²) in [7, 11) is 0. The van der Waals surface area contributed by atoms with Crippen LogP contribution in [0.2, 0.25) is 0 Å².